The van der Waals surface area contributed by atoms with Crippen LogP contribution in [0.2, 0.25) is 0 Å². The SMILES string of the molecule is CN(C)CCCNc1cccc(C(=O)Nn2ncc3cc(S(=O)(=O)c4cc(F)cc(F)c4)ccc32)c1NC1CCCCO1. The van der Waals surface area contributed by atoms with Gasteiger partial charge in [-0.15, -0.1) is 0 Å². The van der Waals surface area contributed by atoms with E-state index in [-0.39, 0.29) is 11.1 Å². The Kier molecular flexibility index (Phi) is 9.23. The fourth-order valence-corrected chi connectivity index (χ4v) is 6.26. The lowest BCUT2D eigenvalue weighted by Crippen LogP contribution is -2.30. The van der Waals surface area contributed by atoms with Gasteiger partial charge >= 0.3 is 0 Å². The highest BCUT2D eigenvalue weighted by atomic mass is 32.2. The van der Waals surface area contributed by atoms with E-state index in [1.807, 2.05) is 20.2 Å². The van der Waals surface area contributed by atoms with E-state index in [4.69, 9.17) is 4.74 Å². The second kappa shape index (κ2) is 13.1. The van der Waals surface area contributed by atoms with Gasteiger partial charge in [0, 0.05) is 24.6 Å². The third-order valence-corrected chi connectivity index (χ3v) is 8.83. The molecule has 0 radical (unpaired) electrons. The van der Waals surface area contributed by atoms with Gasteiger partial charge < -0.3 is 20.3 Å². The Morgan fingerprint density at radius 1 is 1.07 bits per heavy atom. The van der Waals surface area contributed by atoms with Crippen molar-refractivity contribution in [3.63, 3.8) is 0 Å². The van der Waals surface area contributed by atoms with Gasteiger partial charge in [-0.25, -0.2) is 22.6 Å². The molecule has 0 spiro atoms. The lowest BCUT2D eigenvalue weighted by Gasteiger charge is -2.27. The van der Waals surface area contributed by atoms with Crippen molar-refractivity contribution < 1.29 is 26.7 Å². The molecule has 5 rings (SSSR count). The summed E-state index contributed by atoms with van der Waals surface area (Å²) in [6, 6.07) is 11.7. The normalized spacial score (nSPS) is 15.5. The average Bonchev–Trinajstić information content (AvgIpc) is 3.37. The molecule has 0 bridgehead atoms. The van der Waals surface area contributed by atoms with E-state index in [1.165, 1.54) is 29.2 Å². The average molecular weight is 613 g/mol. The highest BCUT2D eigenvalue weighted by molar-refractivity contribution is 7.91. The van der Waals surface area contributed by atoms with Crippen molar-refractivity contribution in [1.82, 2.24) is 14.8 Å². The van der Waals surface area contributed by atoms with Crippen LogP contribution in [-0.4, -0.2) is 69.1 Å². The molecule has 3 N–H and O–H groups in total. The molecular formula is C30H34F2N6O4S. The number of sulfone groups is 1. The monoisotopic (exact) mass is 612 g/mol. The quantitative estimate of drug-likeness (QED) is 0.206. The number of nitrogens with zero attached hydrogens (tertiary/aromatic N) is 3. The molecule has 0 aliphatic carbocycles. The molecule has 1 saturated heterocycles. The van der Waals surface area contributed by atoms with E-state index < -0.39 is 32.3 Å². The summed E-state index contributed by atoms with van der Waals surface area (Å²) in [6.07, 6.45) is 4.90. The van der Waals surface area contributed by atoms with Gasteiger partial charge in [0.25, 0.3) is 5.91 Å². The second-order valence-electron chi connectivity index (χ2n) is 10.6. The van der Waals surface area contributed by atoms with Crippen molar-refractivity contribution in [2.24, 2.45) is 0 Å². The number of nitrogens with one attached hydrogen (secondary N) is 3. The Balaban J connectivity index is 1.40. The Morgan fingerprint density at radius 2 is 1.86 bits per heavy atom. The van der Waals surface area contributed by atoms with Crippen LogP contribution in [0.4, 0.5) is 20.2 Å². The van der Waals surface area contributed by atoms with Crippen LogP contribution in [0.1, 0.15) is 36.0 Å². The zero-order chi connectivity index (χ0) is 30.6. The molecular weight excluding hydrogens is 578 g/mol. The first-order valence-corrected chi connectivity index (χ1v) is 15.5. The van der Waals surface area contributed by atoms with Gasteiger partial charge in [-0.3, -0.25) is 4.79 Å². The summed E-state index contributed by atoms with van der Waals surface area (Å²) in [5, 5.41) is 11.5. The van der Waals surface area contributed by atoms with E-state index in [0.29, 0.717) is 41.4 Å². The number of ether oxygens (including phenoxy) is 1. The molecule has 1 unspecified atom stereocenters. The molecule has 10 nitrogen and oxygen atoms in total. The van der Waals surface area contributed by atoms with Crippen LogP contribution in [0.15, 0.2) is 70.6 Å². The minimum atomic E-state index is -4.21. The fraction of sp³-hybridized carbons (Fsp3) is 0.333. The molecule has 1 aromatic heterocycles. The number of halogens is 2. The number of aromatic nitrogens is 2. The largest absolute Gasteiger partial charge is 0.383 e. The smallest absolute Gasteiger partial charge is 0.273 e. The zero-order valence-electron chi connectivity index (χ0n) is 23.9. The molecule has 228 valence electrons. The molecule has 0 saturated carbocycles. The van der Waals surface area contributed by atoms with E-state index in [9.17, 15) is 22.0 Å². The topological polar surface area (TPSA) is 118 Å². The predicted molar refractivity (Wildman–Crippen MR) is 161 cm³/mol. The van der Waals surface area contributed by atoms with Gasteiger partial charge in [0.05, 0.1) is 38.4 Å². The summed E-state index contributed by atoms with van der Waals surface area (Å²) in [6.45, 7) is 2.26. The van der Waals surface area contributed by atoms with Gasteiger partial charge in [0.1, 0.15) is 17.9 Å². The van der Waals surface area contributed by atoms with Crippen molar-refractivity contribution >= 4 is 38.0 Å². The molecule has 3 aromatic carbocycles. The molecule has 2 heterocycles. The molecule has 43 heavy (non-hydrogen) atoms. The number of para-hydroxylation sites is 1. The summed E-state index contributed by atoms with van der Waals surface area (Å²) in [7, 11) is -0.173. The summed E-state index contributed by atoms with van der Waals surface area (Å²) < 4.78 is 59.4. The van der Waals surface area contributed by atoms with Crippen LogP contribution >= 0.6 is 0 Å². The second-order valence-corrected chi connectivity index (χ2v) is 12.6. The van der Waals surface area contributed by atoms with E-state index in [1.54, 1.807) is 12.1 Å². The first-order chi connectivity index (χ1) is 20.6. The standard InChI is InChI=1S/C30H34F2N6O4S/c1-37(2)13-6-12-33-26-8-5-7-25(29(26)35-28-9-3-4-14-42-28)30(39)36-38-27-11-10-23(15-20(27)19-34-38)43(40,41)24-17-21(31)16-22(32)18-24/h5,7-8,10-11,15-19,28,33,35H,3-4,6,9,12-14H2,1-2H3,(H,36,39). The van der Waals surface area contributed by atoms with Gasteiger partial charge in [0.15, 0.2) is 0 Å². The van der Waals surface area contributed by atoms with Crippen LogP contribution < -0.4 is 16.1 Å². The Morgan fingerprint density at radius 3 is 2.58 bits per heavy atom. The van der Waals surface area contributed by atoms with Crippen molar-refractivity contribution in [1.29, 1.82) is 0 Å². The molecule has 1 amide bonds. The summed E-state index contributed by atoms with van der Waals surface area (Å²) in [5.41, 5.74) is 4.97. The number of anilines is 2. The number of hydrogen-bond donors (Lipinski definition) is 3. The third-order valence-electron chi connectivity index (χ3n) is 7.10. The summed E-state index contributed by atoms with van der Waals surface area (Å²) in [4.78, 5) is 16.3. The predicted octanol–water partition coefficient (Wildman–Crippen LogP) is 4.83. The maximum atomic E-state index is 13.7. The highest BCUT2D eigenvalue weighted by Crippen LogP contribution is 2.30. The van der Waals surface area contributed by atoms with Gasteiger partial charge in [-0.1, -0.05) is 6.07 Å². The van der Waals surface area contributed by atoms with Crippen LogP contribution in [-0.2, 0) is 14.6 Å². The summed E-state index contributed by atoms with van der Waals surface area (Å²) in [5.74, 6) is -2.42. The minimum Gasteiger partial charge on any atom is -0.383 e. The van der Waals surface area contributed by atoms with Crippen molar-refractivity contribution in [2.45, 2.75) is 41.7 Å². The van der Waals surface area contributed by atoms with E-state index in [2.05, 4.69) is 26.1 Å². The van der Waals surface area contributed by atoms with Gasteiger partial charge in [-0.2, -0.15) is 9.89 Å². The first kappa shape index (κ1) is 30.4. The number of benzene rings is 3. The minimum absolute atomic E-state index is 0.164. The number of fused-ring (bicyclic) bond motifs is 1. The molecule has 1 aliphatic heterocycles. The van der Waals surface area contributed by atoms with Crippen LogP contribution in [0.5, 0.6) is 0 Å². The number of amides is 1. The van der Waals surface area contributed by atoms with Crippen molar-refractivity contribution in [3.8, 4) is 0 Å². The van der Waals surface area contributed by atoms with Crippen molar-refractivity contribution in [3.05, 3.63) is 78.0 Å². The Hall–Kier alpha value is -4.07. The Bertz CT molecular complexity index is 1700. The van der Waals surface area contributed by atoms with E-state index >= 15 is 0 Å². The number of carbonyl (C=O) groups excluding carboxylic acids is 1. The van der Waals surface area contributed by atoms with Gasteiger partial charge in [-0.05, 0) is 88.8 Å². The first-order valence-electron chi connectivity index (χ1n) is 14.0. The molecule has 1 aliphatic rings. The molecule has 13 heteroatoms. The summed E-state index contributed by atoms with van der Waals surface area (Å²) >= 11 is 0. The molecule has 1 atom stereocenters. The number of carbonyl (C=O) groups is 1. The fourth-order valence-electron chi connectivity index (χ4n) is 4.92. The van der Waals surface area contributed by atoms with Crippen molar-refractivity contribution in [2.75, 3.05) is 49.9 Å². The molecule has 1 fully saturated rings. The lowest BCUT2D eigenvalue weighted by atomic mass is 10.1. The van der Waals surface area contributed by atoms with Crippen LogP contribution in [0.25, 0.3) is 10.9 Å². The number of rotatable bonds is 11. The van der Waals surface area contributed by atoms with Gasteiger partial charge in [0.2, 0.25) is 9.84 Å². The maximum Gasteiger partial charge on any atom is 0.273 e. The number of hydrogen-bond acceptors (Lipinski definition) is 8. The lowest BCUT2D eigenvalue weighted by molar-refractivity contribution is 0.0343. The zero-order valence-corrected chi connectivity index (χ0v) is 24.8. The van der Waals surface area contributed by atoms with Crippen LogP contribution in [0, 0.1) is 11.6 Å². The maximum absolute atomic E-state index is 13.7. The molecule has 4 aromatic rings. The Labute approximate surface area is 248 Å². The third kappa shape index (κ3) is 7.12. The highest BCUT2D eigenvalue weighted by Gasteiger charge is 2.23. The van der Waals surface area contributed by atoms with E-state index in [0.717, 1.165) is 50.0 Å². The van der Waals surface area contributed by atoms with Crippen LogP contribution in [0.3, 0.4) is 0 Å².